The van der Waals surface area contributed by atoms with Crippen LogP contribution < -0.4 is 16.0 Å². The highest BCUT2D eigenvalue weighted by Crippen LogP contribution is 2.59. The summed E-state index contributed by atoms with van der Waals surface area (Å²) in [5.74, 6) is 0.453. The molecule has 1 saturated heterocycles. The third-order valence-electron chi connectivity index (χ3n) is 8.55. The molecule has 6 N–H and O–H groups in total. The normalized spacial score (nSPS) is 25.9. The van der Waals surface area contributed by atoms with Crippen molar-refractivity contribution in [2.75, 3.05) is 71.7 Å². The van der Waals surface area contributed by atoms with Gasteiger partial charge in [0.1, 0.15) is 29.5 Å². The van der Waals surface area contributed by atoms with Gasteiger partial charge in [-0.15, -0.1) is 0 Å². The van der Waals surface area contributed by atoms with E-state index in [0.717, 1.165) is 90.9 Å². The predicted octanol–water partition coefficient (Wildman–Crippen LogP) is 1.76. The fraction of sp³-hybridized carbons (Fsp3) is 0.419. The van der Waals surface area contributed by atoms with Crippen LogP contribution in [0.15, 0.2) is 70.5 Å². The lowest BCUT2D eigenvalue weighted by molar-refractivity contribution is -0.0307. The van der Waals surface area contributed by atoms with E-state index in [4.69, 9.17) is 0 Å². The summed E-state index contributed by atoms with van der Waals surface area (Å²) in [6.07, 6.45) is 1.36. The molecule has 8 nitrogen and oxygen atoms in total. The predicted molar refractivity (Wildman–Crippen MR) is 159 cm³/mol. The van der Waals surface area contributed by atoms with E-state index in [1.165, 1.54) is 0 Å². The molecule has 3 aromatic carbocycles. The minimum atomic E-state index is -0.786. The Bertz CT molecular complexity index is 1290. The van der Waals surface area contributed by atoms with Crippen molar-refractivity contribution in [3.05, 3.63) is 82.9 Å². The Morgan fingerprint density at radius 2 is 1.30 bits per heavy atom. The molecular weight excluding hydrogens is 522 g/mol. The number of aliphatic hydroxyl groups excluding tert-OH is 1. The van der Waals surface area contributed by atoms with Crippen LogP contribution in [0.25, 0.3) is 0 Å². The van der Waals surface area contributed by atoms with E-state index in [1.54, 1.807) is 12.1 Å². The molecule has 6 rings (SSSR count). The summed E-state index contributed by atoms with van der Waals surface area (Å²) in [5, 5.41) is 43.5. The standard InChI is InChI=1S/C31H39N5O3S/c1-40-28-20-22(37)6-8-26(28)31(27-9-7-23(38)21-29(27)40)25-5-3-2-4-24(25)30(39)36(31)19-18-35-16-14-33-12-10-32-11-13-34-15-17-35/h2-9,20-21,30,32-34,39H,10-19H2,1H3,(H-,37,38)/p+1. The molecule has 0 amide bonds. The zero-order valence-electron chi connectivity index (χ0n) is 23.1. The first-order valence-electron chi connectivity index (χ1n) is 14.2. The minimum Gasteiger partial charge on any atom is -0.508 e. The molecule has 212 valence electrons. The molecular formula is C31H40N5O3S+. The molecule has 1 unspecified atom stereocenters. The zero-order chi connectivity index (χ0) is 27.7. The number of aliphatic hydroxyl groups is 1. The van der Waals surface area contributed by atoms with Gasteiger partial charge in [0.2, 0.25) is 0 Å². The summed E-state index contributed by atoms with van der Waals surface area (Å²) in [5.41, 5.74) is 3.40. The maximum atomic E-state index is 11.9. The van der Waals surface area contributed by atoms with E-state index in [-0.39, 0.29) is 22.4 Å². The molecule has 0 aliphatic carbocycles. The first-order chi connectivity index (χ1) is 19.5. The Morgan fingerprint density at radius 1 is 0.750 bits per heavy atom. The monoisotopic (exact) mass is 562 g/mol. The van der Waals surface area contributed by atoms with E-state index in [2.05, 4.69) is 38.1 Å². The van der Waals surface area contributed by atoms with Gasteiger partial charge in [0.25, 0.3) is 0 Å². The smallest absolute Gasteiger partial charge is 0.169 e. The molecule has 0 radical (unpaired) electrons. The van der Waals surface area contributed by atoms with Crippen molar-refractivity contribution in [1.82, 2.24) is 25.8 Å². The van der Waals surface area contributed by atoms with E-state index < -0.39 is 11.8 Å². The van der Waals surface area contributed by atoms with Crippen LogP contribution in [0.5, 0.6) is 11.5 Å². The molecule has 3 heterocycles. The molecule has 1 fully saturated rings. The number of phenols is 2. The Hall–Kier alpha value is -2.63. The summed E-state index contributed by atoms with van der Waals surface area (Å²) in [6, 6.07) is 19.5. The van der Waals surface area contributed by atoms with Gasteiger partial charge in [-0.3, -0.25) is 9.80 Å². The van der Waals surface area contributed by atoms with Crippen molar-refractivity contribution >= 4 is 10.9 Å². The number of nitrogens with zero attached hydrogens (tertiary/aromatic N) is 2. The summed E-state index contributed by atoms with van der Waals surface area (Å²) in [6.45, 7) is 8.96. The van der Waals surface area contributed by atoms with Crippen LogP contribution in [0.2, 0.25) is 0 Å². The van der Waals surface area contributed by atoms with Crippen LogP contribution in [0.1, 0.15) is 28.5 Å². The molecule has 0 bridgehead atoms. The van der Waals surface area contributed by atoms with Crippen molar-refractivity contribution < 1.29 is 15.3 Å². The highest BCUT2D eigenvalue weighted by Gasteiger charge is 2.59. The molecule has 9 heteroatoms. The first-order valence-corrected chi connectivity index (χ1v) is 15.9. The van der Waals surface area contributed by atoms with Crippen LogP contribution in [-0.4, -0.2) is 96.8 Å². The fourth-order valence-corrected chi connectivity index (χ4v) is 8.55. The van der Waals surface area contributed by atoms with Gasteiger partial charge in [-0.05, 0) is 29.8 Å². The number of benzene rings is 3. The van der Waals surface area contributed by atoms with Crippen LogP contribution in [0.4, 0.5) is 0 Å². The molecule has 1 atom stereocenters. The van der Waals surface area contributed by atoms with Crippen LogP contribution >= 0.6 is 0 Å². The first kappa shape index (κ1) is 27.5. The minimum absolute atomic E-state index is 0.227. The molecule has 0 aromatic heterocycles. The van der Waals surface area contributed by atoms with Gasteiger partial charge in [0, 0.05) is 94.3 Å². The van der Waals surface area contributed by atoms with Crippen LogP contribution in [0.3, 0.4) is 0 Å². The van der Waals surface area contributed by atoms with Crippen LogP contribution in [-0.2, 0) is 16.4 Å². The second kappa shape index (κ2) is 11.7. The summed E-state index contributed by atoms with van der Waals surface area (Å²) < 4.78 is 0. The van der Waals surface area contributed by atoms with Gasteiger partial charge in [-0.2, -0.15) is 0 Å². The van der Waals surface area contributed by atoms with E-state index in [0.29, 0.717) is 6.54 Å². The average Bonchev–Trinajstić information content (AvgIpc) is 3.19. The highest BCUT2D eigenvalue weighted by molar-refractivity contribution is 7.96. The van der Waals surface area contributed by atoms with Crippen molar-refractivity contribution in [3.8, 4) is 11.5 Å². The quantitative estimate of drug-likeness (QED) is 0.269. The van der Waals surface area contributed by atoms with Crippen LogP contribution in [0, 0.1) is 0 Å². The third-order valence-corrected chi connectivity index (χ3v) is 10.5. The van der Waals surface area contributed by atoms with Gasteiger partial charge >= 0.3 is 0 Å². The highest BCUT2D eigenvalue weighted by atomic mass is 32.2. The second-order valence-electron chi connectivity index (χ2n) is 10.8. The number of phenolic OH excluding ortho intramolecular Hbond substituents is 2. The average molecular weight is 563 g/mol. The number of fused-ring (bicyclic) bond motifs is 6. The molecule has 3 aliphatic rings. The maximum Gasteiger partial charge on any atom is 0.169 e. The SMILES string of the molecule is C[S+]1c2cc(O)ccc2C2(c3ccccc3C(O)N2CCN2CCNCCNCCNCC2)c2ccc(O)cc21. The molecule has 40 heavy (non-hydrogen) atoms. The number of hydrogen-bond acceptors (Lipinski definition) is 8. The van der Waals surface area contributed by atoms with Crippen molar-refractivity contribution in [3.63, 3.8) is 0 Å². The van der Waals surface area contributed by atoms with Gasteiger partial charge in [0.05, 0.1) is 10.9 Å². The Morgan fingerprint density at radius 3 is 1.90 bits per heavy atom. The summed E-state index contributed by atoms with van der Waals surface area (Å²) in [7, 11) is -0.365. The van der Waals surface area contributed by atoms with Crippen molar-refractivity contribution in [2.24, 2.45) is 0 Å². The van der Waals surface area contributed by atoms with E-state index in [1.807, 2.05) is 42.5 Å². The number of hydrogen-bond donors (Lipinski definition) is 6. The van der Waals surface area contributed by atoms with Gasteiger partial charge < -0.3 is 31.3 Å². The van der Waals surface area contributed by atoms with Crippen molar-refractivity contribution in [2.45, 2.75) is 21.6 Å². The Balaban J connectivity index is 1.42. The summed E-state index contributed by atoms with van der Waals surface area (Å²) in [4.78, 5) is 6.79. The topological polar surface area (TPSA) is 103 Å². The molecule has 1 spiro atoms. The Kier molecular flexibility index (Phi) is 8.05. The molecule has 3 aliphatic heterocycles. The summed E-state index contributed by atoms with van der Waals surface area (Å²) >= 11 is 0. The molecule has 0 saturated carbocycles. The Labute approximate surface area is 239 Å². The number of nitrogens with one attached hydrogen (secondary N) is 3. The van der Waals surface area contributed by atoms with E-state index >= 15 is 0 Å². The largest absolute Gasteiger partial charge is 0.508 e. The zero-order valence-corrected chi connectivity index (χ0v) is 23.9. The number of rotatable bonds is 3. The fourth-order valence-electron chi connectivity index (χ4n) is 6.62. The lowest BCUT2D eigenvalue weighted by Gasteiger charge is -2.44. The van der Waals surface area contributed by atoms with E-state index in [9.17, 15) is 15.3 Å². The number of aromatic hydroxyl groups is 2. The lowest BCUT2D eigenvalue weighted by Crippen LogP contribution is -2.51. The third kappa shape index (κ3) is 4.79. The van der Waals surface area contributed by atoms with Gasteiger partial charge in [-0.1, -0.05) is 24.3 Å². The van der Waals surface area contributed by atoms with Gasteiger partial charge in [-0.25, -0.2) is 0 Å². The second-order valence-corrected chi connectivity index (χ2v) is 12.7. The maximum absolute atomic E-state index is 11.9. The van der Waals surface area contributed by atoms with Gasteiger partial charge in [0.15, 0.2) is 9.79 Å². The molecule has 3 aromatic rings. The lowest BCUT2D eigenvalue weighted by atomic mass is 9.76. The van der Waals surface area contributed by atoms with Crippen molar-refractivity contribution in [1.29, 1.82) is 0 Å².